The van der Waals surface area contributed by atoms with Crippen molar-refractivity contribution in [1.29, 1.82) is 0 Å². The van der Waals surface area contributed by atoms with Gasteiger partial charge < -0.3 is 10.5 Å². The van der Waals surface area contributed by atoms with E-state index in [0.717, 1.165) is 21.5 Å². The third kappa shape index (κ3) is 2.62. The summed E-state index contributed by atoms with van der Waals surface area (Å²) in [6, 6.07) is 3.87. The van der Waals surface area contributed by atoms with Crippen LogP contribution < -0.4 is 10.5 Å². The number of nitrogens with two attached hydrogens (primary N) is 1. The second-order valence-electron chi connectivity index (χ2n) is 3.30. The van der Waals surface area contributed by atoms with Crippen molar-refractivity contribution in [3.63, 3.8) is 0 Å². The fourth-order valence-electron chi connectivity index (χ4n) is 1.08. The Bertz CT molecular complexity index is 310. The zero-order chi connectivity index (χ0) is 10.0. The summed E-state index contributed by atoms with van der Waals surface area (Å²) in [7, 11) is 0. The molecular formula is C10H14BrNO. The summed E-state index contributed by atoms with van der Waals surface area (Å²) in [5.41, 5.74) is 7.61. The molecule has 72 valence electrons. The van der Waals surface area contributed by atoms with Crippen LogP contribution in [0.2, 0.25) is 0 Å². The van der Waals surface area contributed by atoms with Gasteiger partial charge in [0, 0.05) is 4.47 Å². The van der Waals surface area contributed by atoms with Crippen molar-refractivity contribution in [2.24, 2.45) is 0 Å². The minimum absolute atomic E-state index is 0.149. The largest absolute Gasteiger partial charge is 0.489 e. The van der Waals surface area contributed by atoms with E-state index in [1.807, 2.05) is 32.9 Å². The topological polar surface area (TPSA) is 35.2 Å². The number of ether oxygens (including phenoxy) is 1. The molecule has 0 aliphatic rings. The van der Waals surface area contributed by atoms with Crippen LogP contribution >= 0.6 is 15.9 Å². The van der Waals surface area contributed by atoms with Gasteiger partial charge in [-0.2, -0.15) is 0 Å². The lowest BCUT2D eigenvalue weighted by atomic mass is 10.2. The van der Waals surface area contributed by atoms with Crippen LogP contribution in [-0.4, -0.2) is 6.10 Å². The van der Waals surface area contributed by atoms with E-state index in [0.29, 0.717) is 0 Å². The van der Waals surface area contributed by atoms with E-state index in [-0.39, 0.29) is 6.10 Å². The monoisotopic (exact) mass is 243 g/mol. The molecule has 1 aromatic carbocycles. The minimum Gasteiger partial charge on any atom is -0.489 e. The highest BCUT2D eigenvalue weighted by Crippen LogP contribution is 2.30. The standard InChI is InChI=1S/C10H14BrNO/c1-6(2)13-9-5-8(11)4-7(3)10(9)12/h4-6H,12H2,1-3H3. The van der Waals surface area contributed by atoms with Gasteiger partial charge >= 0.3 is 0 Å². The molecule has 1 aromatic rings. The Morgan fingerprint density at radius 2 is 2.00 bits per heavy atom. The Labute approximate surface area is 87.2 Å². The highest BCUT2D eigenvalue weighted by molar-refractivity contribution is 9.10. The third-order valence-electron chi connectivity index (χ3n) is 1.68. The molecule has 0 atom stereocenters. The summed E-state index contributed by atoms with van der Waals surface area (Å²) < 4.78 is 6.55. The average molecular weight is 244 g/mol. The maximum Gasteiger partial charge on any atom is 0.143 e. The molecule has 0 saturated carbocycles. The van der Waals surface area contributed by atoms with Crippen LogP contribution in [0.1, 0.15) is 19.4 Å². The minimum atomic E-state index is 0.149. The first-order valence-electron chi connectivity index (χ1n) is 4.23. The van der Waals surface area contributed by atoms with Gasteiger partial charge in [0.25, 0.3) is 0 Å². The summed E-state index contributed by atoms with van der Waals surface area (Å²) in [6.07, 6.45) is 0.149. The summed E-state index contributed by atoms with van der Waals surface area (Å²) in [6.45, 7) is 5.93. The highest BCUT2D eigenvalue weighted by Gasteiger charge is 2.06. The molecular weight excluding hydrogens is 230 g/mol. The van der Waals surface area contributed by atoms with Crippen molar-refractivity contribution in [2.75, 3.05) is 5.73 Å². The van der Waals surface area contributed by atoms with E-state index in [1.54, 1.807) is 0 Å². The normalized spacial score (nSPS) is 10.5. The van der Waals surface area contributed by atoms with Crippen LogP contribution in [0, 0.1) is 6.92 Å². The van der Waals surface area contributed by atoms with Crippen molar-refractivity contribution in [3.8, 4) is 5.75 Å². The molecule has 2 N–H and O–H groups in total. The van der Waals surface area contributed by atoms with Gasteiger partial charge in [0.2, 0.25) is 0 Å². The second kappa shape index (κ2) is 4.01. The van der Waals surface area contributed by atoms with Gasteiger partial charge in [-0.3, -0.25) is 0 Å². The Balaban J connectivity index is 3.05. The van der Waals surface area contributed by atoms with Gasteiger partial charge in [-0.15, -0.1) is 0 Å². The van der Waals surface area contributed by atoms with Crippen molar-refractivity contribution in [2.45, 2.75) is 26.9 Å². The Hall–Kier alpha value is -0.700. The van der Waals surface area contributed by atoms with E-state index in [4.69, 9.17) is 10.5 Å². The van der Waals surface area contributed by atoms with E-state index in [2.05, 4.69) is 15.9 Å². The maximum atomic E-state index is 5.85. The molecule has 2 nitrogen and oxygen atoms in total. The van der Waals surface area contributed by atoms with Gasteiger partial charge in [-0.1, -0.05) is 15.9 Å². The van der Waals surface area contributed by atoms with Crippen LogP contribution in [0.4, 0.5) is 5.69 Å². The van der Waals surface area contributed by atoms with Crippen LogP contribution in [0.25, 0.3) is 0 Å². The SMILES string of the molecule is Cc1cc(Br)cc(OC(C)C)c1N. The molecule has 13 heavy (non-hydrogen) atoms. The Kier molecular flexibility index (Phi) is 3.20. The first kappa shape index (κ1) is 10.4. The fourth-order valence-corrected chi connectivity index (χ4v) is 1.63. The van der Waals surface area contributed by atoms with E-state index in [9.17, 15) is 0 Å². The van der Waals surface area contributed by atoms with Crippen LogP contribution in [0.5, 0.6) is 5.75 Å². The summed E-state index contributed by atoms with van der Waals surface area (Å²) in [4.78, 5) is 0. The molecule has 3 heteroatoms. The smallest absolute Gasteiger partial charge is 0.143 e. The van der Waals surface area contributed by atoms with Gasteiger partial charge in [0.05, 0.1) is 11.8 Å². The zero-order valence-electron chi connectivity index (χ0n) is 8.10. The van der Waals surface area contributed by atoms with E-state index in [1.165, 1.54) is 0 Å². The molecule has 0 aliphatic heterocycles. The van der Waals surface area contributed by atoms with Crippen molar-refractivity contribution in [1.82, 2.24) is 0 Å². The molecule has 0 heterocycles. The predicted octanol–water partition coefficient (Wildman–Crippen LogP) is 3.13. The fraction of sp³-hybridized carbons (Fsp3) is 0.400. The lowest BCUT2D eigenvalue weighted by Gasteiger charge is -2.13. The molecule has 0 aliphatic carbocycles. The molecule has 0 amide bonds. The number of halogens is 1. The van der Waals surface area contributed by atoms with Crippen LogP contribution in [0.3, 0.4) is 0 Å². The van der Waals surface area contributed by atoms with E-state index < -0.39 is 0 Å². The van der Waals surface area contributed by atoms with Crippen molar-refractivity contribution in [3.05, 3.63) is 22.2 Å². The zero-order valence-corrected chi connectivity index (χ0v) is 9.68. The van der Waals surface area contributed by atoms with Crippen LogP contribution in [-0.2, 0) is 0 Å². The average Bonchev–Trinajstić information content (AvgIpc) is 1.98. The number of nitrogen functional groups attached to an aromatic ring is 1. The number of benzene rings is 1. The van der Waals surface area contributed by atoms with Gasteiger partial charge in [0.1, 0.15) is 5.75 Å². The highest BCUT2D eigenvalue weighted by atomic mass is 79.9. The van der Waals surface area contributed by atoms with Gasteiger partial charge in [-0.05, 0) is 38.5 Å². The predicted molar refractivity (Wildman–Crippen MR) is 59.1 cm³/mol. The molecule has 0 aromatic heterocycles. The molecule has 0 bridgehead atoms. The number of hydrogen-bond donors (Lipinski definition) is 1. The maximum absolute atomic E-state index is 5.85. The number of rotatable bonds is 2. The molecule has 0 saturated heterocycles. The summed E-state index contributed by atoms with van der Waals surface area (Å²) in [5.74, 6) is 0.752. The first-order chi connectivity index (χ1) is 6.00. The Morgan fingerprint density at radius 3 is 2.54 bits per heavy atom. The summed E-state index contributed by atoms with van der Waals surface area (Å²) in [5, 5.41) is 0. The molecule has 0 fully saturated rings. The molecule has 0 spiro atoms. The van der Waals surface area contributed by atoms with Crippen LogP contribution in [0.15, 0.2) is 16.6 Å². The van der Waals surface area contributed by atoms with Gasteiger partial charge in [0.15, 0.2) is 0 Å². The first-order valence-corrected chi connectivity index (χ1v) is 5.02. The lowest BCUT2D eigenvalue weighted by molar-refractivity contribution is 0.243. The molecule has 0 radical (unpaired) electrons. The second-order valence-corrected chi connectivity index (χ2v) is 4.22. The number of anilines is 1. The van der Waals surface area contributed by atoms with Crippen molar-refractivity contribution < 1.29 is 4.74 Å². The number of hydrogen-bond acceptors (Lipinski definition) is 2. The third-order valence-corrected chi connectivity index (χ3v) is 2.13. The van der Waals surface area contributed by atoms with E-state index >= 15 is 0 Å². The summed E-state index contributed by atoms with van der Waals surface area (Å²) >= 11 is 3.40. The molecule has 1 rings (SSSR count). The van der Waals surface area contributed by atoms with Crippen molar-refractivity contribution >= 4 is 21.6 Å². The Morgan fingerprint density at radius 1 is 1.38 bits per heavy atom. The quantitative estimate of drug-likeness (QED) is 0.811. The number of aryl methyl sites for hydroxylation is 1. The lowest BCUT2D eigenvalue weighted by Crippen LogP contribution is -2.08. The molecule has 0 unspecified atom stereocenters. The van der Waals surface area contributed by atoms with Gasteiger partial charge in [-0.25, -0.2) is 0 Å².